The number of anilines is 1. The van der Waals surface area contributed by atoms with E-state index >= 15 is 0 Å². The van der Waals surface area contributed by atoms with E-state index in [-0.39, 0.29) is 16.0 Å². The molecule has 0 saturated heterocycles. The second-order valence-corrected chi connectivity index (χ2v) is 6.81. The van der Waals surface area contributed by atoms with Crippen LogP contribution in [-0.4, -0.2) is 35.5 Å². The third kappa shape index (κ3) is 3.19. The van der Waals surface area contributed by atoms with E-state index < -0.39 is 10.9 Å². The summed E-state index contributed by atoms with van der Waals surface area (Å²) in [5.41, 5.74) is 0.952. The predicted molar refractivity (Wildman–Crippen MR) is 87.8 cm³/mol. The molecule has 0 bridgehead atoms. The van der Waals surface area contributed by atoms with Gasteiger partial charge in [-0.15, -0.1) is 0 Å². The number of aryl methyl sites for hydroxylation is 1. The molecule has 1 fully saturated rings. The third-order valence-electron chi connectivity index (χ3n) is 4.20. The second kappa shape index (κ2) is 6.56. The lowest BCUT2D eigenvalue weighted by Gasteiger charge is -2.40. The van der Waals surface area contributed by atoms with E-state index in [0.29, 0.717) is 11.3 Å². The number of hydrogen-bond donors (Lipinski definition) is 1. The lowest BCUT2D eigenvalue weighted by Crippen LogP contribution is -2.40. The topological polar surface area (TPSA) is 81.5 Å². The molecule has 120 valence electrons. The lowest BCUT2D eigenvalue weighted by atomic mass is 9.84. The Labute approximate surface area is 133 Å². The summed E-state index contributed by atoms with van der Waals surface area (Å²) < 4.78 is 4.90. The van der Waals surface area contributed by atoms with Gasteiger partial charge >= 0.3 is 5.97 Å². The Hall–Kier alpha value is -1.76. The van der Waals surface area contributed by atoms with Crippen LogP contribution in [0.5, 0.6) is 0 Å². The number of benzene rings is 1. The fourth-order valence-electron chi connectivity index (χ4n) is 2.68. The highest BCUT2D eigenvalue weighted by Crippen LogP contribution is 2.43. The van der Waals surface area contributed by atoms with E-state index in [9.17, 15) is 14.9 Å². The molecule has 0 aliphatic heterocycles. The van der Waals surface area contributed by atoms with Gasteiger partial charge in [-0.2, -0.15) is 11.8 Å². The van der Waals surface area contributed by atoms with Crippen LogP contribution in [-0.2, 0) is 4.74 Å². The highest BCUT2D eigenvalue weighted by Gasteiger charge is 2.36. The minimum absolute atomic E-state index is 0.0122. The SMILES string of the molecule is COC(=O)c1cc(NCC2(SC)CCC2)cc(C)c1[N+](=O)[O-]. The van der Waals surface area contributed by atoms with Gasteiger partial charge in [-0.05, 0) is 38.2 Å². The van der Waals surface area contributed by atoms with Crippen LogP contribution in [0.25, 0.3) is 0 Å². The molecule has 1 saturated carbocycles. The van der Waals surface area contributed by atoms with Crippen molar-refractivity contribution in [2.75, 3.05) is 25.2 Å². The summed E-state index contributed by atoms with van der Waals surface area (Å²) in [5, 5.41) is 14.5. The molecule has 0 spiro atoms. The zero-order chi connectivity index (χ0) is 16.3. The summed E-state index contributed by atoms with van der Waals surface area (Å²) >= 11 is 1.84. The van der Waals surface area contributed by atoms with Crippen LogP contribution in [0.4, 0.5) is 11.4 Å². The summed E-state index contributed by atoms with van der Waals surface area (Å²) in [4.78, 5) is 22.4. The molecule has 1 N–H and O–H groups in total. The van der Waals surface area contributed by atoms with Gasteiger partial charge in [0.25, 0.3) is 5.69 Å². The zero-order valence-corrected chi connectivity index (χ0v) is 13.8. The number of thioether (sulfide) groups is 1. The number of nitrogens with one attached hydrogen (secondary N) is 1. The van der Waals surface area contributed by atoms with Gasteiger partial charge in [0.2, 0.25) is 0 Å². The molecule has 2 rings (SSSR count). The van der Waals surface area contributed by atoms with Gasteiger partial charge in [0.15, 0.2) is 0 Å². The molecule has 1 aliphatic rings. The normalized spacial score (nSPS) is 15.8. The maximum absolute atomic E-state index is 11.8. The monoisotopic (exact) mass is 324 g/mol. The molecule has 0 unspecified atom stereocenters. The molecular weight excluding hydrogens is 304 g/mol. The molecule has 1 aliphatic carbocycles. The van der Waals surface area contributed by atoms with E-state index in [4.69, 9.17) is 0 Å². The minimum Gasteiger partial charge on any atom is -0.465 e. The molecule has 1 aromatic carbocycles. The highest BCUT2D eigenvalue weighted by atomic mass is 32.2. The van der Waals surface area contributed by atoms with Gasteiger partial charge in [-0.25, -0.2) is 4.79 Å². The lowest BCUT2D eigenvalue weighted by molar-refractivity contribution is -0.385. The number of ether oxygens (including phenoxy) is 1. The Balaban J connectivity index is 2.27. The fraction of sp³-hybridized carbons (Fsp3) is 0.533. The molecule has 0 atom stereocenters. The van der Waals surface area contributed by atoms with E-state index in [1.54, 1.807) is 13.0 Å². The number of hydrogen-bond acceptors (Lipinski definition) is 6. The van der Waals surface area contributed by atoms with Crippen molar-refractivity contribution in [2.45, 2.75) is 30.9 Å². The Morgan fingerprint density at radius 1 is 1.50 bits per heavy atom. The summed E-state index contributed by atoms with van der Waals surface area (Å²) in [6.45, 7) is 2.41. The van der Waals surface area contributed by atoms with E-state index in [1.165, 1.54) is 19.6 Å². The van der Waals surface area contributed by atoms with Crippen molar-refractivity contribution < 1.29 is 14.5 Å². The fourth-order valence-corrected chi connectivity index (χ4v) is 3.59. The third-order valence-corrected chi connectivity index (χ3v) is 5.62. The molecule has 0 heterocycles. The van der Waals surface area contributed by atoms with E-state index in [1.807, 2.05) is 11.8 Å². The van der Waals surface area contributed by atoms with Gasteiger partial charge in [0.1, 0.15) is 5.56 Å². The largest absolute Gasteiger partial charge is 0.465 e. The van der Waals surface area contributed by atoms with Crippen LogP contribution in [0.3, 0.4) is 0 Å². The van der Waals surface area contributed by atoms with E-state index in [0.717, 1.165) is 19.4 Å². The summed E-state index contributed by atoms with van der Waals surface area (Å²) in [6, 6.07) is 3.21. The number of carbonyl (C=O) groups is 1. The maximum atomic E-state index is 11.8. The Kier molecular flexibility index (Phi) is 4.95. The number of nitro benzene ring substituents is 1. The first-order valence-electron chi connectivity index (χ1n) is 7.09. The van der Waals surface area contributed by atoms with Crippen LogP contribution < -0.4 is 5.32 Å². The standard InChI is InChI=1S/C15H20N2O4S/c1-10-7-11(16-9-15(22-3)5-4-6-15)8-12(14(18)21-2)13(10)17(19)20/h7-8,16H,4-6,9H2,1-3H3. The number of nitro groups is 1. The van der Waals surface area contributed by atoms with Gasteiger partial charge in [0, 0.05) is 22.5 Å². The van der Waals surface area contributed by atoms with Crippen LogP contribution in [0.2, 0.25) is 0 Å². The molecule has 0 radical (unpaired) electrons. The van der Waals surface area contributed by atoms with Gasteiger partial charge < -0.3 is 10.1 Å². The average Bonchev–Trinajstić information content (AvgIpc) is 2.44. The van der Waals surface area contributed by atoms with Crippen LogP contribution >= 0.6 is 11.8 Å². The summed E-state index contributed by atoms with van der Waals surface area (Å²) in [7, 11) is 1.22. The van der Waals surface area contributed by atoms with Crippen molar-refractivity contribution >= 4 is 29.1 Å². The quantitative estimate of drug-likeness (QED) is 0.491. The number of nitrogens with zero attached hydrogens (tertiary/aromatic N) is 1. The minimum atomic E-state index is -0.693. The van der Waals surface area contributed by atoms with Crippen molar-refractivity contribution in [1.29, 1.82) is 0 Å². The van der Waals surface area contributed by atoms with Gasteiger partial charge in [-0.3, -0.25) is 10.1 Å². The van der Waals surface area contributed by atoms with Gasteiger partial charge in [-0.1, -0.05) is 6.42 Å². The number of carbonyl (C=O) groups excluding carboxylic acids is 1. The van der Waals surface area contributed by atoms with E-state index in [2.05, 4.69) is 16.3 Å². The van der Waals surface area contributed by atoms with Crippen molar-refractivity contribution in [1.82, 2.24) is 0 Å². The molecule has 0 aromatic heterocycles. The second-order valence-electron chi connectivity index (χ2n) is 5.53. The molecule has 0 amide bonds. The highest BCUT2D eigenvalue weighted by molar-refractivity contribution is 8.00. The van der Waals surface area contributed by atoms with Crippen molar-refractivity contribution in [3.8, 4) is 0 Å². The molecule has 22 heavy (non-hydrogen) atoms. The van der Waals surface area contributed by atoms with Crippen molar-refractivity contribution in [3.63, 3.8) is 0 Å². The summed E-state index contributed by atoms with van der Waals surface area (Å²) in [6.07, 6.45) is 5.66. The molecule has 1 aromatic rings. The summed E-state index contributed by atoms with van der Waals surface area (Å²) in [5.74, 6) is -0.693. The van der Waals surface area contributed by atoms with Crippen LogP contribution in [0, 0.1) is 17.0 Å². The average molecular weight is 324 g/mol. The van der Waals surface area contributed by atoms with Crippen molar-refractivity contribution in [3.05, 3.63) is 33.4 Å². The molecule has 6 nitrogen and oxygen atoms in total. The number of esters is 1. The maximum Gasteiger partial charge on any atom is 0.344 e. The Bertz CT molecular complexity index is 594. The van der Waals surface area contributed by atoms with Crippen LogP contribution in [0.15, 0.2) is 12.1 Å². The molecular formula is C15H20N2O4S. The van der Waals surface area contributed by atoms with Crippen molar-refractivity contribution in [2.24, 2.45) is 0 Å². The van der Waals surface area contributed by atoms with Crippen LogP contribution in [0.1, 0.15) is 35.2 Å². The first-order valence-corrected chi connectivity index (χ1v) is 8.31. The first-order chi connectivity index (χ1) is 10.4. The number of methoxy groups -OCH3 is 1. The Morgan fingerprint density at radius 3 is 2.64 bits per heavy atom. The molecule has 7 heteroatoms. The predicted octanol–water partition coefficient (Wildman–Crippen LogP) is 3.39. The zero-order valence-electron chi connectivity index (χ0n) is 13.0. The number of rotatable bonds is 6. The Morgan fingerprint density at radius 2 is 2.18 bits per heavy atom. The van der Waals surface area contributed by atoms with Gasteiger partial charge in [0.05, 0.1) is 12.0 Å². The smallest absolute Gasteiger partial charge is 0.344 e. The first kappa shape index (κ1) is 16.6.